The zero-order valence-electron chi connectivity index (χ0n) is 16.5. The molecule has 0 spiro atoms. The lowest BCUT2D eigenvalue weighted by Crippen LogP contribution is -2.41. The van der Waals surface area contributed by atoms with Crippen molar-refractivity contribution < 1.29 is 32.3 Å². The molecular weight excluding hydrogens is 428 g/mol. The van der Waals surface area contributed by atoms with E-state index >= 15 is 0 Å². The van der Waals surface area contributed by atoms with Crippen LogP contribution in [0.1, 0.15) is 33.1 Å². The Morgan fingerprint density at radius 3 is 2.19 bits per heavy atom. The maximum atomic E-state index is 14.5. The van der Waals surface area contributed by atoms with Gasteiger partial charge < -0.3 is 15.7 Å². The number of para-hydroxylation sites is 1. The van der Waals surface area contributed by atoms with E-state index in [1.54, 1.807) is 18.2 Å². The smallest absolute Gasteiger partial charge is 0.416 e. The van der Waals surface area contributed by atoms with E-state index < -0.39 is 53.3 Å². The zero-order valence-corrected chi connectivity index (χ0v) is 16.5. The number of phenols is 1. The number of amides is 2. The second-order valence-corrected chi connectivity index (χ2v) is 6.97. The summed E-state index contributed by atoms with van der Waals surface area (Å²) in [4.78, 5) is 26.5. The molecule has 0 heterocycles. The quantitative estimate of drug-likeness (QED) is 0.550. The minimum Gasteiger partial charge on any atom is -0.507 e. The van der Waals surface area contributed by atoms with Gasteiger partial charge in [0.15, 0.2) is 0 Å². The van der Waals surface area contributed by atoms with Gasteiger partial charge in [-0.05, 0) is 35.9 Å². The van der Waals surface area contributed by atoms with Gasteiger partial charge in [-0.3, -0.25) is 9.59 Å². The van der Waals surface area contributed by atoms with E-state index in [2.05, 4.69) is 0 Å². The Bertz CT molecular complexity index is 1130. The summed E-state index contributed by atoms with van der Waals surface area (Å²) in [5, 5.41) is 10.1. The van der Waals surface area contributed by atoms with E-state index in [0.717, 1.165) is 4.90 Å². The largest absolute Gasteiger partial charge is 0.507 e. The first-order chi connectivity index (χ1) is 15.1. The Labute approximate surface area is 180 Å². The van der Waals surface area contributed by atoms with Gasteiger partial charge in [0, 0.05) is 5.56 Å². The number of halogens is 4. The molecule has 1 atom stereocenters. The SMILES string of the molecule is NC(=O)C(c1ccccc1)N(Cc1cc(C(F)(F)F)ccc1F)C(=O)c1ccccc1O. The lowest BCUT2D eigenvalue weighted by molar-refractivity contribution is -0.137. The van der Waals surface area contributed by atoms with Crippen LogP contribution in [-0.4, -0.2) is 21.8 Å². The van der Waals surface area contributed by atoms with Crippen LogP contribution in [0.25, 0.3) is 0 Å². The number of carbonyl (C=O) groups is 2. The molecule has 0 saturated heterocycles. The molecule has 9 heteroatoms. The summed E-state index contributed by atoms with van der Waals surface area (Å²) in [5.41, 5.74) is 4.02. The first-order valence-corrected chi connectivity index (χ1v) is 9.38. The molecule has 0 aromatic heterocycles. The van der Waals surface area contributed by atoms with Crippen molar-refractivity contribution in [3.05, 3.63) is 101 Å². The normalized spacial score (nSPS) is 12.2. The number of aromatic hydroxyl groups is 1. The number of rotatable bonds is 6. The maximum Gasteiger partial charge on any atom is 0.416 e. The van der Waals surface area contributed by atoms with Gasteiger partial charge in [0.25, 0.3) is 5.91 Å². The molecule has 166 valence electrons. The summed E-state index contributed by atoms with van der Waals surface area (Å²) >= 11 is 0. The van der Waals surface area contributed by atoms with Crippen LogP contribution in [0.15, 0.2) is 72.8 Å². The molecule has 1 unspecified atom stereocenters. The van der Waals surface area contributed by atoms with Crippen LogP contribution in [0.5, 0.6) is 5.75 Å². The first kappa shape index (κ1) is 22.8. The highest BCUT2D eigenvalue weighted by molar-refractivity contribution is 5.99. The number of nitrogens with zero attached hydrogens (tertiary/aromatic N) is 1. The van der Waals surface area contributed by atoms with Crippen LogP contribution in [0.3, 0.4) is 0 Å². The second-order valence-electron chi connectivity index (χ2n) is 6.97. The topological polar surface area (TPSA) is 83.6 Å². The summed E-state index contributed by atoms with van der Waals surface area (Å²) in [6.07, 6.45) is -4.74. The Kier molecular flexibility index (Phi) is 6.47. The number of phenolic OH excluding ortho intramolecular Hbond substituents is 1. The van der Waals surface area contributed by atoms with Crippen LogP contribution in [0.4, 0.5) is 17.6 Å². The molecular formula is C23H18F4N2O3. The Hall–Kier alpha value is -3.88. The lowest BCUT2D eigenvalue weighted by Gasteiger charge is -2.31. The van der Waals surface area contributed by atoms with Gasteiger partial charge in [0.05, 0.1) is 17.7 Å². The van der Waals surface area contributed by atoms with Gasteiger partial charge in [0.2, 0.25) is 5.91 Å². The third kappa shape index (κ3) is 4.88. The minimum atomic E-state index is -4.74. The number of alkyl halides is 3. The van der Waals surface area contributed by atoms with Crippen molar-refractivity contribution in [2.24, 2.45) is 5.73 Å². The summed E-state index contributed by atoms with van der Waals surface area (Å²) < 4.78 is 53.9. The maximum absolute atomic E-state index is 14.5. The van der Waals surface area contributed by atoms with E-state index in [1.807, 2.05) is 0 Å². The number of carbonyl (C=O) groups excluding carboxylic acids is 2. The van der Waals surface area contributed by atoms with Crippen molar-refractivity contribution in [1.82, 2.24) is 4.90 Å². The average molecular weight is 446 g/mol. The van der Waals surface area contributed by atoms with Gasteiger partial charge >= 0.3 is 6.18 Å². The number of nitrogens with two attached hydrogens (primary N) is 1. The number of primary amides is 1. The van der Waals surface area contributed by atoms with Crippen LogP contribution in [0, 0.1) is 5.82 Å². The molecule has 3 aromatic carbocycles. The molecule has 0 radical (unpaired) electrons. The second kappa shape index (κ2) is 9.09. The van der Waals surface area contributed by atoms with Crippen molar-refractivity contribution in [2.75, 3.05) is 0 Å². The fraction of sp³-hybridized carbons (Fsp3) is 0.130. The van der Waals surface area contributed by atoms with Crippen molar-refractivity contribution in [3.8, 4) is 5.75 Å². The summed E-state index contributed by atoms with van der Waals surface area (Å²) in [6, 6.07) is 13.6. The van der Waals surface area contributed by atoms with Gasteiger partial charge in [0.1, 0.15) is 17.6 Å². The molecule has 0 aliphatic carbocycles. The highest BCUT2D eigenvalue weighted by Gasteiger charge is 2.34. The molecule has 3 aromatic rings. The van der Waals surface area contributed by atoms with Gasteiger partial charge in [-0.2, -0.15) is 13.2 Å². The Balaban J connectivity index is 2.14. The number of benzene rings is 3. The van der Waals surface area contributed by atoms with Crippen molar-refractivity contribution in [2.45, 2.75) is 18.8 Å². The monoisotopic (exact) mass is 446 g/mol. The molecule has 0 saturated carbocycles. The summed E-state index contributed by atoms with van der Waals surface area (Å²) in [6.45, 7) is -0.703. The molecule has 2 amide bonds. The van der Waals surface area contributed by atoms with Crippen LogP contribution in [0.2, 0.25) is 0 Å². The highest BCUT2D eigenvalue weighted by atomic mass is 19.4. The van der Waals surface area contributed by atoms with E-state index in [4.69, 9.17) is 5.73 Å². The predicted octanol–water partition coefficient (Wildman–Crippen LogP) is 4.42. The Morgan fingerprint density at radius 2 is 1.59 bits per heavy atom. The highest BCUT2D eigenvalue weighted by Crippen LogP contribution is 2.33. The third-order valence-corrected chi connectivity index (χ3v) is 4.81. The third-order valence-electron chi connectivity index (χ3n) is 4.81. The fourth-order valence-electron chi connectivity index (χ4n) is 3.28. The van der Waals surface area contributed by atoms with Crippen LogP contribution >= 0.6 is 0 Å². The van der Waals surface area contributed by atoms with Crippen molar-refractivity contribution >= 4 is 11.8 Å². The first-order valence-electron chi connectivity index (χ1n) is 9.38. The van der Waals surface area contributed by atoms with E-state index in [-0.39, 0.29) is 11.1 Å². The molecule has 0 aliphatic rings. The molecule has 3 N–H and O–H groups in total. The lowest BCUT2D eigenvalue weighted by atomic mass is 10.0. The van der Waals surface area contributed by atoms with Gasteiger partial charge in [-0.25, -0.2) is 4.39 Å². The summed E-state index contributed by atoms with van der Waals surface area (Å²) in [7, 11) is 0. The molecule has 0 bridgehead atoms. The number of hydrogen-bond donors (Lipinski definition) is 2. The average Bonchev–Trinajstić information content (AvgIpc) is 2.74. The van der Waals surface area contributed by atoms with Crippen LogP contribution < -0.4 is 5.73 Å². The number of hydrogen-bond acceptors (Lipinski definition) is 3. The molecule has 5 nitrogen and oxygen atoms in total. The fourth-order valence-corrected chi connectivity index (χ4v) is 3.28. The molecule has 3 rings (SSSR count). The standard InChI is InChI=1S/C23H18F4N2O3/c24-18-11-10-16(23(25,26)27)12-15(18)13-29(22(32)17-8-4-5-9-19(17)30)20(21(28)31)14-6-2-1-3-7-14/h1-12,20,30H,13H2,(H2,28,31). The molecule has 0 fully saturated rings. The van der Waals surface area contributed by atoms with E-state index in [9.17, 15) is 32.3 Å². The predicted molar refractivity (Wildman–Crippen MR) is 108 cm³/mol. The Morgan fingerprint density at radius 1 is 0.969 bits per heavy atom. The van der Waals surface area contributed by atoms with Gasteiger partial charge in [-0.15, -0.1) is 0 Å². The molecule has 32 heavy (non-hydrogen) atoms. The van der Waals surface area contributed by atoms with Gasteiger partial charge in [-0.1, -0.05) is 42.5 Å². The zero-order chi connectivity index (χ0) is 23.5. The summed E-state index contributed by atoms with van der Waals surface area (Å²) in [5.74, 6) is -3.30. The van der Waals surface area contributed by atoms with E-state index in [1.165, 1.54) is 36.4 Å². The van der Waals surface area contributed by atoms with Crippen LogP contribution in [-0.2, 0) is 17.5 Å². The van der Waals surface area contributed by atoms with Crippen molar-refractivity contribution in [3.63, 3.8) is 0 Å². The van der Waals surface area contributed by atoms with Crippen molar-refractivity contribution in [1.29, 1.82) is 0 Å². The minimum absolute atomic E-state index is 0.220. The molecule has 0 aliphatic heterocycles. The van der Waals surface area contributed by atoms with E-state index in [0.29, 0.717) is 18.2 Å².